The Morgan fingerprint density at radius 2 is 2.28 bits per heavy atom. The summed E-state index contributed by atoms with van der Waals surface area (Å²) in [4.78, 5) is 22.7. The summed E-state index contributed by atoms with van der Waals surface area (Å²) in [7, 11) is 0. The normalized spacial score (nSPS) is 12.1. The minimum absolute atomic E-state index is 0.0938. The number of carboxylic acid groups (broad SMARTS) is 1. The van der Waals surface area contributed by atoms with Crippen molar-refractivity contribution in [2.24, 2.45) is 0 Å². The van der Waals surface area contributed by atoms with Crippen LogP contribution in [-0.4, -0.2) is 34.5 Å². The summed E-state index contributed by atoms with van der Waals surface area (Å²) in [5.74, 6) is 0.151. The van der Waals surface area contributed by atoms with Crippen LogP contribution in [0, 0.1) is 0 Å². The molecule has 1 aromatic heterocycles. The Bertz CT molecular complexity index is 421. The minimum Gasteiger partial charge on any atom is -0.480 e. The van der Waals surface area contributed by atoms with Gasteiger partial charge >= 0.3 is 5.97 Å². The fourth-order valence-electron chi connectivity index (χ4n) is 1.27. The van der Waals surface area contributed by atoms with Gasteiger partial charge in [-0.1, -0.05) is 6.92 Å². The molecule has 0 aliphatic rings. The summed E-state index contributed by atoms with van der Waals surface area (Å²) in [6, 6.07) is 2.18. The molecule has 1 aromatic rings. The Balaban J connectivity index is 2.55. The van der Waals surface area contributed by atoms with Crippen molar-refractivity contribution in [3.05, 3.63) is 22.6 Å². The van der Waals surface area contributed by atoms with Gasteiger partial charge in [0.25, 0.3) is 5.91 Å². The maximum absolute atomic E-state index is 11.7. The summed E-state index contributed by atoms with van der Waals surface area (Å²) in [5.41, 5.74) is 0. The second-order valence-corrected chi connectivity index (χ2v) is 5.63. The van der Waals surface area contributed by atoms with Gasteiger partial charge in [0.05, 0.1) is 0 Å². The molecule has 0 bridgehead atoms. The first-order chi connectivity index (χ1) is 8.54. The molecule has 100 valence electrons. The van der Waals surface area contributed by atoms with Gasteiger partial charge in [-0.15, -0.1) is 0 Å². The van der Waals surface area contributed by atoms with E-state index >= 15 is 0 Å². The van der Waals surface area contributed by atoms with Gasteiger partial charge in [-0.25, -0.2) is 4.79 Å². The summed E-state index contributed by atoms with van der Waals surface area (Å²) in [6.45, 7) is 2.00. The number of amides is 1. The fourth-order valence-corrected chi connectivity index (χ4v) is 2.27. The van der Waals surface area contributed by atoms with Crippen molar-refractivity contribution in [3.8, 4) is 0 Å². The van der Waals surface area contributed by atoms with Crippen LogP contribution < -0.4 is 5.32 Å². The van der Waals surface area contributed by atoms with Crippen molar-refractivity contribution in [2.45, 2.75) is 19.4 Å². The number of carbonyl (C=O) groups excluding carboxylic acids is 1. The van der Waals surface area contributed by atoms with Crippen LogP contribution in [0.4, 0.5) is 0 Å². The van der Waals surface area contributed by atoms with Crippen molar-refractivity contribution >= 4 is 39.6 Å². The van der Waals surface area contributed by atoms with Crippen LogP contribution in [0.3, 0.4) is 0 Å². The third-order valence-corrected chi connectivity index (χ3v) is 3.51. The number of nitrogens with one attached hydrogen (secondary N) is 1. The molecule has 18 heavy (non-hydrogen) atoms. The van der Waals surface area contributed by atoms with Crippen LogP contribution in [0.2, 0.25) is 0 Å². The van der Waals surface area contributed by atoms with Gasteiger partial charge in [-0.3, -0.25) is 4.79 Å². The van der Waals surface area contributed by atoms with Crippen molar-refractivity contribution in [1.82, 2.24) is 5.32 Å². The zero-order valence-corrected chi connectivity index (χ0v) is 12.2. The maximum atomic E-state index is 11.7. The first-order valence-electron chi connectivity index (χ1n) is 5.41. The lowest BCUT2D eigenvalue weighted by molar-refractivity contribution is -0.139. The minimum atomic E-state index is -1.04. The van der Waals surface area contributed by atoms with Gasteiger partial charge in [0.1, 0.15) is 6.04 Å². The van der Waals surface area contributed by atoms with Crippen molar-refractivity contribution in [3.63, 3.8) is 0 Å². The van der Waals surface area contributed by atoms with Crippen LogP contribution in [0.5, 0.6) is 0 Å². The Morgan fingerprint density at radius 1 is 1.56 bits per heavy atom. The predicted molar refractivity (Wildman–Crippen MR) is 72.9 cm³/mol. The Hall–Kier alpha value is -0.950. The SMILES string of the molecule is CCSCCC(NC(=O)c1ccc(Br)o1)C(=O)O. The van der Waals surface area contributed by atoms with E-state index in [9.17, 15) is 9.59 Å². The quantitative estimate of drug-likeness (QED) is 0.748. The largest absolute Gasteiger partial charge is 0.480 e. The molecule has 0 aromatic carbocycles. The zero-order valence-electron chi connectivity index (χ0n) is 9.81. The molecule has 2 N–H and O–H groups in total. The Kier molecular flexibility index (Phi) is 6.28. The molecule has 0 saturated heterocycles. The monoisotopic (exact) mass is 335 g/mol. The van der Waals surface area contributed by atoms with E-state index < -0.39 is 17.9 Å². The number of thioether (sulfide) groups is 1. The number of aliphatic carboxylic acids is 1. The molecule has 0 radical (unpaired) electrons. The summed E-state index contributed by atoms with van der Waals surface area (Å²) in [6.07, 6.45) is 0.390. The van der Waals surface area contributed by atoms with Gasteiger partial charge in [-0.2, -0.15) is 11.8 Å². The molecule has 0 saturated carbocycles. The second-order valence-electron chi connectivity index (χ2n) is 3.45. The number of hydrogen-bond donors (Lipinski definition) is 2. The number of halogens is 1. The second kappa shape index (κ2) is 7.48. The average molecular weight is 336 g/mol. The standard InChI is InChI=1S/C11H14BrNO4S/c1-2-18-6-5-7(11(15)16)13-10(14)8-3-4-9(12)17-8/h3-4,7H,2,5-6H2,1H3,(H,13,14)(H,15,16). The van der Waals surface area contributed by atoms with Crippen LogP contribution in [-0.2, 0) is 4.79 Å². The highest BCUT2D eigenvalue weighted by atomic mass is 79.9. The average Bonchev–Trinajstić information content (AvgIpc) is 2.74. The molecule has 0 aliphatic carbocycles. The fraction of sp³-hybridized carbons (Fsp3) is 0.455. The van der Waals surface area contributed by atoms with Gasteiger partial charge in [-0.05, 0) is 46.0 Å². The molecule has 0 spiro atoms. The van der Waals surface area contributed by atoms with Crippen LogP contribution in [0.25, 0.3) is 0 Å². The van der Waals surface area contributed by atoms with E-state index in [1.807, 2.05) is 6.92 Å². The molecule has 0 aliphatic heterocycles. The Labute approximate surface area is 117 Å². The van der Waals surface area contributed by atoms with E-state index in [4.69, 9.17) is 9.52 Å². The third-order valence-electron chi connectivity index (χ3n) is 2.16. The highest BCUT2D eigenvalue weighted by Crippen LogP contribution is 2.14. The van der Waals surface area contributed by atoms with Crippen molar-refractivity contribution in [1.29, 1.82) is 0 Å². The molecule has 7 heteroatoms. The number of carboxylic acids is 1. The topological polar surface area (TPSA) is 79.5 Å². The van der Waals surface area contributed by atoms with E-state index in [0.717, 1.165) is 5.75 Å². The summed E-state index contributed by atoms with van der Waals surface area (Å²) >= 11 is 4.72. The van der Waals surface area contributed by atoms with E-state index in [-0.39, 0.29) is 5.76 Å². The number of rotatable bonds is 7. The molecular weight excluding hydrogens is 322 g/mol. The highest BCUT2D eigenvalue weighted by molar-refractivity contribution is 9.10. The van der Waals surface area contributed by atoms with E-state index in [0.29, 0.717) is 16.8 Å². The number of furan rings is 1. The van der Waals surface area contributed by atoms with E-state index in [2.05, 4.69) is 21.2 Å². The number of carbonyl (C=O) groups is 2. The highest BCUT2D eigenvalue weighted by Gasteiger charge is 2.21. The van der Waals surface area contributed by atoms with Crippen LogP contribution in [0.1, 0.15) is 23.9 Å². The molecule has 1 heterocycles. The third kappa shape index (κ3) is 4.73. The molecule has 5 nitrogen and oxygen atoms in total. The van der Waals surface area contributed by atoms with Crippen LogP contribution in [0.15, 0.2) is 21.2 Å². The van der Waals surface area contributed by atoms with Gasteiger partial charge in [0, 0.05) is 0 Å². The van der Waals surface area contributed by atoms with Gasteiger partial charge in [0.2, 0.25) is 0 Å². The van der Waals surface area contributed by atoms with E-state index in [1.54, 1.807) is 17.8 Å². The molecule has 0 fully saturated rings. The van der Waals surface area contributed by atoms with Crippen molar-refractivity contribution < 1.29 is 19.1 Å². The molecule has 1 rings (SSSR count). The lowest BCUT2D eigenvalue weighted by atomic mass is 10.2. The van der Waals surface area contributed by atoms with Gasteiger partial charge < -0.3 is 14.8 Å². The van der Waals surface area contributed by atoms with Gasteiger partial charge in [0.15, 0.2) is 10.4 Å². The smallest absolute Gasteiger partial charge is 0.326 e. The molecular formula is C11H14BrNO4S. The maximum Gasteiger partial charge on any atom is 0.326 e. The first kappa shape index (κ1) is 15.1. The molecule has 1 amide bonds. The first-order valence-corrected chi connectivity index (χ1v) is 7.36. The predicted octanol–water partition coefficient (Wildman–Crippen LogP) is 2.37. The van der Waals surface area contributed by atoms with Crippen LogP contribution >= 0.6 is 27.7 Å². The Morgan fingerprint density at radius 3 is 2.78 bits per heavy atom. The summed E-state index contributed by atoms with van der Waals surface area (Å²) in [5, 5.41) is 11.4. The van der Waals surface area contributed by atoms with E-state index in [1.165, 1.54) is 6.07 Å². The lowest BCUT2D eigenvalue weighted by Gasteiger charge is -2.12. The molecule has 1 atom stereocenters. The lowest BCUT2D eigenvalue weighted by Crippen LogP contribution is -2.41. The van der Waals surface area contributed by atoms with Crippen molar-refractivity contribution in [2.75, 3.05) is 11.5 Å². The molecule has 1 unspecified atom stereocenters. The summed E-state index contributed by atoms with van der Waals surface area (Å²) < 4.78 is 5.49. The zero-order chi connectivity index (χ0) is 13.5. The number of hydrogen-bond acceptors (Lipinski definition) is 4.